The van der Waals surface area contributed by atoms with Gasteiger partial charge >= 0.3 is 12.0 Å². The second kappa shape index (κ2) is 4.91. The van der Waals surface area contributed by atoms with E-state index in [-0.39, 0.29) is 17.6 Å². The van der Waals surface area contributed by atoms with Crippen molar-refractivity contribution in [2.24, 2.45) is 0 Å². The number of rotatable bonds is 2. The third kappa shape index (κ3) is 2.41. The molecule has 1 aliphatic rings. The second-order valence-electron chi connectivity index (χ2n) is 5.04. The number of hydrogen-bond donors (Lipinski definition) is 1. The Hall–Kier alpha value is -2.04. The van der Waals surface area contributed by atoms with E-state index < -0.39 is 5.97 Å². The first-order chi connectivity index (χ1) is 8.91. The Kier molecular flexibility index (Phi) is 3.46. The molecule has 19 heavy (non-hydrogen) atoms. The first kappa shape index (κ1) is 13.4. The lowest BCUT2D eigenvalue weighted by Crippen LogP contribution is -2.43. The van der Waals surface area contributed by atoms with Crippen molar-refractivity contribution in [3.05, 3.63) is 29.3 Å². The smallest absolute Gasteiger partial charge is 0.335 e. The second-order valence-corrected chi connectivity index (χ2v) is 5.04. The van der Waals surface area contributed by atoms with Crippen LogP contribution in [0.3, 0.4) is 0 Å². The van der Waals surface area contributed by atoms with Crippen LogP contribution in [0.4, 0.5) is 10.5 Å². The van der Waals surface area contributed by atoms with Gasteiger partial charge in [0.15, 0.2) is 0 Å². The summed E-state index contributed by atoms with van der Waals surface area (Å²) in [4.78, 5) is 26.7. The van der Waals surface area contributed by atoms with Crippen LogP contribution in [0.5, 0.6) is 0 Å². The molecule has 5 heteroatoms. The average molecular weight is 262 g/mol. The number of benzene rings is 1. The van der Waals surface area contributed by atoms with Crippen molar-refractivity contribution in [2.45, 2.75) is 26.3 Å². The maximum atomic E-state index is 12.3. The zero-order chi connectivity index (χ0) is 14.2. The number of anilines is 1. The number of nitrogens with zero attached hydrogens (tertiary/aromatic N) is 2. The van der Waals surface area contributed by atoms with Crippen molar-refractivity contribution in [1.29, 1.82) is 0 Å². The summed E-state index contributed by atoms with van der Waals surface area (Å²) in [5, 5.41) is 9.02. The summed E-state index contributed by atoms with van der Waals surface area (Å²) in [5.74, 6) is -0.973. The lowest BCUT2D eigenvalue weighted by molar-refractivity contribution is 0.0697. The quantitative estimate of drug-likeness (QED) is 0.888. The summed E-state index contributed by atoms with van der Waals surface area (Å²) in [7, 11) is 1.76. The van der Waals surface area contributed by atoms with Gasteiger partial charge in [-0.15, -0.1) is 0 Å². The molecular formula is C14H18N2O3. The number of hydrogen-bond acceptors (Lipinski definition) is 2. The lowest BCUT2D eigenvalue weighted by Gasteiger charge is -2.28. The van der Waals surface area contributed by atoms with Crippen LogP contribution in [0.15, 0.2) is 18.2 Å². The minimum atomic E-state index is -0.973. The van der Waals surface area contributed by atoms with Gasteiger partial charge in [0.1, 0.15) is 0 Å². The summed E-state index contributed by atoms with van der Waals surface area (Å²) in [5.41, 5.74) is 1.96. The van der Waals surface area contributed by atoms with Crippen LogP contribution in [0.25, 0.3) is 0 Å². The third-order valence-corrected chi connectivity index (χ3v) is 3.54. The number of amides is 2. The van der Waals surface area contributed by atoms with Gasteiger partial charge in [0.05, 0.1) is 5.56 Å². The first-order valence-corrected chi connectivity index (χ1v) is 6.32. The van der Waals surface area contributed by atoms with E-state index in [9.17, 15) is 9.59 Å². The fourth-order valence-electron chi connectivity index (χ4n) is 2.12. The summed E-state index contributed by atoms with van der Waals surface area (Å²) >= 11 is 0. The zero-order valence-corrected chi connectivity index (χ0v) is 11.4. The largest absolute Gasteiger partial charge is 0.478 e. The molecule has 0 unspecified atom stereocenters. The third-order valence-electron chi connectivity index (χ3n) is 3.54. The van der Waals surface area contributed by atoms with Gasteiger partial charge in [-0.1, -0.05) is 6.07 Å². The van der Waals surface area contributed by atoms with Gasteiger partial charge in [0, 0.05) is 25.3 Å². The van der Waals surface area contributed by atoms with Gasteiger partial charge < -0.3 is 10.0 Å². The van der Waals surface area contributed by atoms with Crippen LogP contribution in [0.2, 0.25) is 0 Å². The van der Waals surface area contributed by atoms with Gasteiger partial charge in [-0.25, -0.2) is 9.59 Å². The van der Waals surface area contributed by atoms with E-state index in [1.54, 1.807) is 35.0 Å². The van der Waals surface area contributed by atoms with Crippen LogP contribution in [0, 0.1) is 0 Å². The van der Waals surface area contributed by atoms with Crippen LogP contribution in [-0.4, -0.2) is 41.6 Å². The Morgan fingerprint density at radius 3 is 2.63 bits per heavy atom. The minimum Gasteiger partial charge on any atom is -0.478 e. The van der Waals surface area contributed by atoms with Gasteiger partial charge in [-0.2, -0.15) is 0 Å². The van der Waals surface area contributed by atoms with E-state index in [0.717, 1.165) is 17.7 Å². The van der Waals surface area contributed by atoms with Crippen LogP contribution < -0.4 is 4.90 Å². The molecule has 102 valence electrons. The monoisotopic (exact) mass is 262 g/mol. The fraction of sp³-hybridized carbons (Fsp3) is 0.429. The highest BCUT2D eigenvalue weighted by Gasteiger charge is 2.28. The number of fused-ring (bicyclic) bond motifs is 1. The molecule has 0 spiro atoms. The predicted molar refractivity (Wildman–Crippen MR) is 72.7 cm³/mol. The predicted octanol–water partition coefficient (Wildman–Crippen LogP) is 2.21. The molecule has 0 aromatic heterocycles. The number of carboxylic acids is 1. The number of urea groups is 1. The van der Waals surface area contributed by atoms with E-state index in [2.05, 4.69) is 0 Å². The Morgan fingerprint density at radius 2 is 2.05 bits per heavy atom. The summed E-state index contributed by atoms with van der Waals surface area (Å²) in [6.07, 6.45) is 0.771. The number of carbonyl (C=O) groups excluding carboxylic acids is 1. The van der Waals surface area contributed by atoms with Crippen molar-refractivity contribution < 1.29 is 14.7 Å². The molecule has 1 N–H and O–H groups in total. The lowest BCUT2D eigenvalue weighted by atomic mass is 10.1. The van der Waals surface area contributed by atoms with Gasteiger partial charge in [0.25, 0.3) is 0 Å². The average Bonchev–Trinajstić information content (AvgIpc) is 2.79. The van der Waals surface area contributed by atoms with Crippen molar-refractivity contribution in [1.82, 2.24) is 4.90 Å². The topological polar surface area (TPSA) is 60.9 Å². The van der Waals surface area contributed by atoms with E-state index in [1.165, 1.54) is 0 Å². The van der Waals surface area contributed by atoms with E-state index in [1.807, 2.05) is 13.8 Å². The van der Waals surface area contributed by atoms with E-state index in [4.69, 9.17) is 5.11 Å². The molecule has 0 aliphatic carbocycles. The molecule has 0 atom stereocenters. The highest BCUT2D eigenvalue weighted by molar-refractivity contribution is 5.97. The Bertz CT molecular complexity index is 525. The fourth-order valence-corrected chi connectivity index (χ4v) is 2.12. The van der Waals surface area contributed by atoms with E-state index in [0.29, 0.717) is 6.54 Å². The van der Waals surface area contributed by atoms with Gasteiger partial charge in [-0.3, -0.25) is 4.90 Å². The maximum absolute atomic E-state index is 12.3. The highest BCUT2D eigenvalue weighted by atomic mass is 16.4. The number of carbonyl (C=O) groups is 2. The van der Waals surface area contributed by atoms with Crippen molar-refractivity contribution in [3.63, 3.8) is 0 Å². The van der Waals surface area contributed by atoms with Crippen LogP contribution in [-0.2, 0) is 6.42 Å². The molecule has 0 bridgehead atoms. The van der Waals surface area contributed by atoms with Crippen molar-refractivity contribution >= 4 is 17.7 Å². The summed E-state index contributed by atoms with van der Waals surface area (Å²) < 4.78 is 0. The van der Waals surface area contributed by atoms with Gasteiger partial charge in [0.2, 0.25) is 0 Å². The SMILES string of the molecule is CC(C)N(C)C(=O)N1CCc2ccc(C(=O)O)cc21. The molecule has 0 saturated heterocycles. The molecule has 2 rings (SSSR count). The molecule has 1 aromatic rings. The molecule has 0 fully saturated rings. The molecule has 1 aromatic carbocycles. The normalized spacial score (nSPS) is 13.6. The minimum absolute atomic E-state index is 0.0868. The van der Waals surface area contributed by atoms with Crippen LogP contribution >= 0.6 is 0 Å². The van der Waals surface area contributed by atoms with Crippen molar-refractivity contribution in [2.75, 3.05) is 18.5 Å². The highest BCUT2D eigenvalue weighted by Crippen LogP contribution is 2.30. The molecule has 2 amide bonds. The Labute approximate surface area is 112 Å². The molecule has 0 radical (unpaired) electrons. The molecule has 0 saturated carbocycles. The van der Waals surface area contributed by atoms with Gasteiger partial charge in [-0.05, 0) is 38.0 Å². The van der Waals surface area contributed by atoms with E-state index >= 15 is 0 Å². The Balaban J connectivity index is 2.32. The molecule has 1 aliphatic heterocycles. The Morgan fingerprint density at radius 1 is 1.37 bits per heavy atom. The number of aromatic carboxylic acids is 1. The van der Waals surface area contributed by atoms with Crippen LogP contribution in [0.1, 0.15) is 29.8 Å². The maximum Gasteiger partial charge on any atom is 0.335 e. The number of carboxylic acid groups (broad SMARTS) is 1. The standard InChI is InChI=1S/C14H18N2O3/c1-9(2)15(3)14(19)16-7-6-10-4-5-11(13(17)18)8-12(10)16/h4-5,8-9H,6-7H2,1-3H3,(H,17,18). The van der Waals surface area contributed by atoms with Crippen molar-refractivity contribution in [3.8, 4) is 0 Å². The molecule has 5 nitrogen and oxygen atoms in total. The first-order valence-electron chi connectivity index (χ1n) is 6.32. The zero-order valence-electron chi connectivity index (χ0n) is 11.4. The summed E-state index contributed by atoms with van der Waals surface area (Å²) in [6, 6.07) is 4.98. The summed E-state index contributed by atoms with van der Waals surface area (Å²) in [6.45, 7) is 4.50. The molecular weight excluding hydrogens is 244 g/mol. The molecule has 1 heterocycles.